The SMILES string of the molecule is O=Cc1n[nH]c(Cc2ccc3ncc(Cl)cc3c2)n1. The molecule has 0 atom stereocenters. The van der Waals surface area contributed by atoms with Gasteiger partial charge in [-0.05, 0) is 23.8 Å². The van der Waals surface area contributed by atoms with Gasteiger partial charge in [0.15, 0.2) is 6.29 Å². The van der Waals surface area contributed by atoms with Gasteiger partial charge in [0, 0.05) is 18.0 Å². The molecule has 3 rings (SSSR count). The summed E-state index contributed by atoms with van der Waals surface area (Å²) in [5.74, 6) is 0.817. The highest BCUT2D eigenvalue weighted by atomic mass is 35.5. The van der Waals surface area contributed by atoms with Gasteiger partial charge in [-0.2, -0.15) is 5.10 Å². The Kier molecular flexibility index (Phi) is 2.97. The maximum Gasteiger partial charge on any atom is 0.214 e. The van der Waals surface area contributed by atoms with E-state index in [9.17, 15) is 4.79 Å². The fourth-order valence-electron chi connectivity index (χ4n) is 1.90. The van der Waals surface area contributed by atoms with Gasteiger partial charge in [0.05, 0.1) is 10.5 Å². The number of hydrogen-bond donors (Lipinski definition) is 1. The van der Waals surface area contributed by atoms with Crippen molar-refractivity contribution >= 4 is 28.8 Å². The molecule has 0 amide bonds. The Morgan fingerprint density at radius 3 is 3.00 bits per heavy atom. The standard InChI is InChI=1S/C13H9ClN4O/c14-10-5-9-3-8(1-2-11(9)15-6-10)4-12-16-13(7-19)18-17-12/h1-3,5-7H,4H2,(H,16,17,18). The number of carbonyl (C=O) groups is 1. The third kappa shape index (κ3) is 2.46. The molecule has 0 radical (unpaired) electrons. The summed E-state index contributed by atoms with van der Waals surface area (Å²) in [6.07, 6.45) is 2.81. The minimum Gasteiger partial charge on any atom is -0.294 e. The lowest BCUT2D eigenvalue weighted by molar-refractivity contribution is 0.111. The quantitative estimate of drug-likeness (QED) is 0.743. The monoisotopic (exact) mass is 272 g/mol. The number of fused-ring (bicyclic) bond motifs is 1. The van der Waals surface area contributed by atoms with Crippen molar-refractivity contribution in [2.45, 2.75) is 6.42 Å². The zero-order chi connectivity index (χ0) is 13.2. The molecule has 5 nitrogen and oxygen atoms in total. The van der Waals surface area contributed by atoms with Crippen LogP contribution < -0.4 is 0 Å². The first kappa shape index (κ1) is 11.8. The van der Waals surface area contributed by atoms with Crippen LogP contribution >= 0.6 is 11.6 Å². The van der Waals surface area contributed by atoms with Gasteiger partial charge in [0.25, 0.3) is 0 Å². The molecule has 0 aliphatic rings. The van der Waals surface area contributed by atoms with Crippen molar-refractivity contribution < 1.29 is 4.79 Å². The molecule has 0 fully saturated rings. The summed E-state index contributed by atoms with van der Waals surface area (Å²) in [5, 5.41) is 8.08. The maximum absolute atomic E-state index is 10.5. The summed E-state index contributed by atoms with van der Waals surface area (Å²) < 4.78 is 0. The molecule has 1 N–H and O–H groups in total. The number of aromatic nitrogens is 4. The number of rotatable bonds is 3. The number of hydrogen-bond acceptors (Lipinski definition) is 4. The van der Waals surface area contributed by atoms with Crippen molar-refractivity contribution in [2.24, 2.45) is 0 Å². The number of halogens is 1. The van der Waals surface area contributed by atoms with E-state index in [4.69, 9.17) is 11.6 Å². The van der Waals surface area contributed by atoms with E-state index >= 15 is 0 Å². The molecular formula is C13H9ClN4O. The van der Waals surface area contributed by atoms with E-state index in [1.165, 1.54) is 0 Å². The van der Waals surface area contributed by atoms with Gasteiger partial charge in [-0.3, -0.25) is 14.9 Å². The second-order valence-corrected chi connectivity index (χ2v) is 4.55. The Bertz CT molecular complexity index is 753. The van der Waals surface area contributed by atoms with E-state index < -0.39 is 0 Å². The lowest BCUT2D eigenvalue weighted by Crippen LogP contribution is -1.92. The van der Waals surface area contributed by atoms with Crippen molar-refractivity contribution in [1.29, 1.82) is 0 Å². The molecule has 2 heterocycles. The highest BCUT2D eigenvalue weighted by molar-refractivity contribution is 6.31. The van der Waals surface area contributed by atoms with Crippen molar-refractivity contribution in [2.75, 3.05) is 0 Å². The smallest absolute Gasteiger partial charge is 0.214 e. The number of aldehydes is 1. The molecular weight excluding hydrogens is 264 g/mol. The van der Waals surface area contributed by atoms with Crippen LogP contribution in [0.1, 0.15) is 22.0 Å². The average Bonchev–Trinajstić information content (AvgIpc) is 2.86. The van der Waals surface area contributed by atoms with Gasteiger partial charge in [0.1, 0.15) is 5.82 Å². The summed E-state index contributed by atoms with van der Waals surface area (Å²) in [6, 6.07) is 7.76. The molecule has 2 aromatic heterocycles. The van der Waals surface area contributed by atoms with Gasteiger partial charge in [-0.25, -0.2) is 4.98 Å². The van der Waals surface area contributed by atoms with Crippen molar-refractivity contribution in [3.63, 3.8) is 0 Å². The Hall–Kier alpha value is -2.27. The number of carbonyl (C=O) groups excluding carboxylic acids is 1. The third-order valence-corrected chi connectivity index (χ3v) is 2.94. The van der Waals surface area contributed by atoms with E-state index in [0.717, 1.165) is 16.5 Å². The second-order valence-electron chi connectivity index (χ2n) is 4.12. The number of benzene rings is 1. The lowest BCUT2D eigenvalue weighted by atomic mass is 10.1. The van der Waals surface area contributed by atoms with Crippen LogP contribution in [0.5, 0.6) is 0 Å². The normalized spacial score (nSPS) is 10.8. The number of H-pyrrole nitrogens is 1. The van der Waals surface area contributed by atoms with Gasteiger partial charge in [0.2, 0.25) is 5.82 Å². The van der Waals surface area contributed by atoms with Crippen LogP contribution in [-0.4, -0.2) is 26.5 Å². The highest BCUT2D eigenvalue weighted by Crippen LogP contribution is 2.19. The predicted octanol–water partition coefficient (Wildman–Crippen LogP) is 2.41. The summed E-state index contributed by atoms with van der Waals surface area (Å²) in [4.78, 5) is 18.8. The van der Waals surface area contributed by atoms with Gasteiger partial charge in [-0.1, -0.05) is 17.7 Å². The first-order chi connectivity index (χ1) is 9.24. The first-order valence-electron chi connectivity index (χ1n) is 5.65. The van der Waals surface area contributed by atoms with Crippen molar-refractivity contribution in [3.8, 4) is 0 Å². The zero-order valence-electron chi connectivity index (χ0n) is 9.80. The topological polar surface area (TPSA) is 71.5 Å². The first-order valence-corrected chi connectivity index (χ1v) is 6.03. The van der Waals surface area contributed by atoms with Crippen LogP contribution in [0.3, 0.4) is 0 Å². The van der Waals surface area contributed by atoms with Crippen LogP contribution in [0.15, 0.2) is 30.5 Å². The molecule has 0 unspecified atom stereocenters. The Morgan fingerprint density at radius 2 is 2.21 bits per heavy atom. The second kappa shape index (κ2) is 4.78. The van der Waals surface area contributed by atoms with Crippen molar-refractivity contribution in [1.82, 2.24) is 20.2 Å². The molecule has 0 aliphatic carbocycles. The Labute approximate surface area is 113 Å². The molecule has 94 valence electrons. The van der Waals surface area contributed by atoms with Crippen LogP contribution in [0.4, 0.5) is 0 Å². The molecule has 6 heteroatoms. The van der Waals surface area contributed by atoms with E-state index in [2.05, 4.69) is 20.2 Å². The molecule has 19 heavy (non-hydrogen) atoms. The fourth-order valence-corrected chi connectivity index (χ4v) is 2.07. The van der Waals surface area contributed by atoms with Crippen LogP contribution in [-0.2, 0) is 6.42 Å². The Morgan fingerprint density at radius 1 is 1.32 bits per heavy atom. The Balaban J connectivity index is 1.94. The van der Waals surface area contributed by atoms with Gasteiger partial charge < -0.3 is 0 Å². The number of pyridine rings is 1. The molecule has 1 aromatic carbocycles. The van der Waals surface area contributed by atoms with Crippen LogP contribution in [0.2, 0.25) is 5.02 Å². The average molecular weight is 273 g/mol. The molecule has 0 saturated carbocycles. The summed E-state index contributed by atoms with van der Waals surface area (Å²) in [5.41, 5.74) is 1.93. The zero-order valence-corrected chi connectivity index (χ0v) is 10.6. The van der Waals surface area contributed by atoms with E-state index in [-0.39, 0.29) is 5.82 Å². The number of nitrogens with zero attached hydrogens (tertiary/aromatic N) is 3. The van der Waals surface area contributed by atoms with Crippen LogP contribution in [0, 0.1) is 0 Å². The number of nitrogens with one attached hydrogen (secondary N) is 1. The maximum atomic E-state index is 10.5. The number of aromatic amines is 1. The van der Waals surface area contributed by atoms with Crippen molar-refractivity contribution in [3.05, 3.63) is 52.7 Å². The molecule has 0 spiro atoms. The molecule has 0 aliphatic heterocycles. The minimum atomic E-state index is 0.167. The highest BCUT2D eigenvalue weighted by Gasteiger charge is 2.04. The fraction of sp³-hybridized carbons (Fsp3) is 0.0769. The molecule has 0 bridgehead atoms. The minimum absolute atomic E-state index is 0.167. The van der Waals surface area contributed by atoms with E-state index in [0.29, 0.717) is 23.6 Å². The van der Waals surface area contributed by atoms with Gasteiger partial charge >= 0.3 is 0 Å². The summed E-state index contributed by atoms with van der Waals surface area (Å²) in [6.45, 7) is 0. The van der Waals surface area contributed by atoms with Crippen LogP contribution in [0.25, 0.3) is 10.9 Å². The van der Waals surface area contributed by atoms with E-state index in [1.807, 2.05) is 24.3 Å². The lowest BCUT2D eigenvalue weighted by Gasteiger charge is -2.02. The summed E-state index contributed by atoms with van der Waals surface area (Å²) >= 11 is 5.92. The predicted molar refractivity (Wildman–Crippen MR) is 71.3 cm³/mol. The largest absolute Gasteiger partial charge is 0.294 e. The van der Waals surface area contributed by atoms with E-state index in [1.54, 1.807) is 6.20 Å². The molecule has 0 saturated heterocycles. The summed E-state index contributed by atoms with van der Waals surface area (Å²) in [7, 11) is 0. The molecule has 3 aromatic rings. The van der Waals surface area contributed by atoms with Gasteiger partial charge in [-0.15, -0.1) is 0 Å². The third-order valence-electron chi connectivity index (χ3n) is 2.74.